The van der Waals surface area contributed by atoms with Crippen LogP contribution < -0.4 is 10.6 Å². The molecule has 18 heteroatoms. The molecular weight excluding hydrogens is 480 g/mol. The number of nitrogens with one attached hydrogen (secondary N) is 3. The van der Waals surface area contributed by atoms with Gasteiger partial charge >= 0.3 is 11.9 Å². The molecule has 2 amide bonds. The lowest BCUT2D eigenvalue weighted by Gasteiger charge is -2.22. The Morgan fingerprint density at radius 3 is 2.37 bits per heavy atom. The Morgan fingerprint density at radius 2 is 1.83 bits per heavy atom. The van der Waals surface area contributed by atoms with Gasteiger partial charge in [-0.3, -0.25) is 14.4 Å². The number of aromatic amines is 1. The number of hydrogen-bond acceptors (Lipinski definition) is 11. The van der Waals surface area contributed by atoms with E-state index in [9.17, 15) is 44.5 Å². The van der Waals surface area contributed by atoms with Crippen molar-refractivity contribution in [3.05, 3.63) is 38.4 Å². The van der Waals surface area contributed by atoms with E-state index < -0.39 is 65.0 Å². The van der Waals surface area contributed by atoms with Crippen LogP contribution >= 0.6 is 0 Å². The average Bonchev–Trinajstić information content (AvgIpc) is 3.28. The Morgan fingerprint density at radius 1 is 1.11 bits per heavy atom. The van der Waals surface area contributed by atoms with Gasteiger partial charge in [0.25, 0.3) is 10.2 Å². The zero-order chi connectivity index (χ0) is 26.4. The number of amides is 2. The molecule has 0 aromatic carbocycles. The van der Waals surface area contributed by atoms with Crippen molar-refractivity contribution in [2.24, 2.45) is 0 Å². The normalized spacial score (nSPS) is 13.0. The maximum atomic E-state index is 12.2. The van der Waals surface area contributed by atoms with Gasteiger partial charge in [0, 0.05) is 37.2 Å². The highest BCUT2D eigenvalue weighted by Gasteiger charge is 2.33. The van der Waals surface area contributed by atoms with E-state index in [-0.39, 0.29) is 37.9 Å². The second-order valence-electron chi connectivity index (χ2n) is 7.06. The molecule has 3 atom stereocenters. The molecule has 1 unspecified atom stereocenters. The molecule has 0 aliphatic carbocycles. The molecule has 0 bridgehead atoms. The van der Waals surface area contributed by atoms with Gasteiger partial charge in [-0.2, -0.15) is 0 Å². The molecule has 0 saturated heterocycles. The lowest BCUT2D eigenvalue weighted by atomic mass is 9.93. The summed E-state index contributed by atoms with van der Waals surface area (Å²) in [6.45, 7) is -0.869. The third kappa shape index (κ3) is 11.8. The summed E-state index contributed by atoms with van der Waals surface area (Å²) >= 11 is 0. The Bertz CT molecular complexity index is 892. The molecule has 1 rings (SSSR count). The minimum Gasteiger partial charge on any atom is -0.481 e. The van der Waals surface area contributed by atoms with Gasteiger partial charge in [-0.15, -0.1) is 20.2 Å². The van der Waals surface area contributed by atoms with Gasteiger partial charge in [0.2, 0.25) is 11.8 Å². The standard InChI is InChI=1S/C17H24N6O12/c24-13(3-1-2-10(35-23(32)33)8-34-22(30)31)19-5-4-14(25)21-16(17(28)29)11(6-15(26)27)12-7-18-9-20-12/h7,9-11,16H,1-6,8H2,(H,18,20)(H,19,24)(H,21,25)(H,26,27)(H,28,29)/t10-,11?,16-/m0/s1. The second-order valence-corrected chi connectivity index (χ2v) is 7.06. The van der Waals surface area contributed by atoms with E-state index >= 15 is 0 Å². The van der Waals surface area contributed by atoms with Crippen LogP contribution in [-0.2, 0) is 28.9 Å². The SMILES string of the molecule is O=C(O)CC(c1cnc[nH]1)[C@H](NC(=O)CCNC(=O)CCC[C@@H](CO[N+](=O)[O-])O[N+](=O)[O-])C(=O)O. The molecule has 18 nitrogen and oxygen atoms in total. The molecule has 1 aromatic rings. The highest BCUT2D eigenvalue weighted by molar-refractivity contribution is 5.85. The predicted octanol–water partition coefficient (Wildman–Crippen LogP) is -1.00. The van der Waals surface area contributed by atoms with E-state index in [4.69, 9.17) is 5.11 Å². The monoisotopic (exact) mass is 504 g/mol. The van der Waals surface area contributed by atoms with Gasteiger partial charge in [-0.05, 0) is 12.8 Å². The van der Waals surface area contributed by atoms with Crippen LogP contribution in [0.4, 0.5) is 0 Å². The fraction of sp³-hybridized carbons (Fsp3) is 0.588. The first-order valence-corrected chi connectivity index (χ1v) is 10.1. The van der Waals surface area contributed by atoms with Crippen molar-refractivity contribution in [1.29, 1.82) is 0 Å². The first-order chi connectivity index (χ1) is 16.5. The minimum atomic E-state index is -1.57. The molecule has 0 aliphatic heterocycles. The van der Waals surface area contributed by atoms with Crippen LogP contribution in [0.2, 0.25) is 0 Å². The summed E-state index contributed by atoms with van der Waals surface area (Å²) in [6, 6.07) is -1.57. The number of hydrogen-bond donors (Lipinski definition) is 5. The fourth-order valence-electron chi connectivity index (χ4n) is 2.97. The summed E-state index contributed by atoms with van der Waals surface area (Å²) in [6.07, 6.45) is 0.140. The molecule has 1 heterocycles. The van der Waals surface area contributed by atoms with Crippen LogP contribution in [0, 0.1) is 20.2 Å². The Labute approximate surface area is 196 Å². The van der Waals surface area contributed by atoms with Gasteiger partial charge in [-0.1, -0.05) is 0 Å². The second kappa shape index (κ2) is 14.6. The Hall–Kier alpha value is -4.51. The fourth-order valence-corrected chi connectivity index (χ4v) is 2.97. The Balaban J connectivity index is 2.48. The van der Waals surface area contributed by atoms with E-state index in [0.29, 0.717) is 0 Å². The number of H-pyrrole nitrogens is 1. The van der Waals surface area contributed by atoms with Crippen molar-refractivity contribution in [2.75, 3.05) is 13.2 Å². The van der Waals surface area contributed by atoms with Gasteiger partial charge < -0.3 is 35.5 Å². The quantitative estimate of drug-likeness (QED) is 0.119. The van der Waals surface area contributed by atoms with E-state index in [2.05, 4.69) is 30.3 Å². The number of imidazole rings is 1. The van der Waals surface area contributed by atoms with Gasteiger partial charge in [0.1, 0.15) is 18.8 Å². The third-order valence-electron chi connectivity index (χ3n) is 4.50. The highest BCUT2D eigenvalue weighted by Crippen LogP contribution is 2.22. The molecule has 0 fully saturated rings. The third-order valence-corrected chi connectivity index (χ3v) is 4.50. The molecular formula is C17H24N6O12. The van der Waals surface area contributed by atoms with Crippen LogP contribution in [0.3, 0.4) is 0 Å². The number of rotatable bonds is 18. The van der Waals surface area contributed by atoms with E-state index in [1.54, 1.807) is 0 Å². The van der Waals surface area contributed by atoms with Crippen LogP contribution in [0.15, 0.2) is 12.5 Å². The zero-order valence-corrected chi connectivity index (χ0v) is 18.2. The molecule has 0 saturated carbocycles. The molecule has 0 aliphatic rings. The van der Waals surface area contributed by atoms with Gasteiger partial charge in [0.15, 0.2) is 0 Å². The lowest BCUT2D eigenvalue weighted by molar-refractivity contribution is -0.790. The van der Waals surface area contributed by atoms with Crippen molar-refractivity contribution < 1.29 is 49.2 Å². The number of aliphatic carboxylic acids is 2. The average molecular weight is 504 g/mol. The molecule has 1 aromatic heterocycles. The summed E-state index contributed by atoms with van der Waals surface area (Å²) in [7, 11) is 0. The van der Waals surface area contributed by atoms with Gasteiger partial charge in [-0.25, -0.2) is 9.78 Å². The van der Waals surface area contributed by atoms with E-state index in [1.807, 2.05) is 0 Å². The van der Waals surface area contributed by atoms with E-state index in [0.717, 1.165) is 0 Å². The van der Waals surface area contributed by atoms with E-state index in [1.165, 1.54) is 12.5 Å². The van der Waals surface area contributed by atoms with Gasteiger partial charge in [0.05, 0.1) is 12.7 Å². The molecule has 194 valence electrons. The molecule has 0 radical (unpaired) electrons. The minimum absolute atomic E-state index is 0.0553. The molecule has 0 spiro atoms. The number of carbonyl (C=O) groups is 4. The largest absolute Gasteiger partial charge is 0.481 e. The van der Waals surface area contributed by atoms with Crippen molar-refractivity contribution in [1.82, 2.24) is 20.6 Å². The number of carboxylic acid groups (broad SMARTS) is 2. The first-order valence-electron chi connectivity index (χ1n) is 10.1. The van der Waals surface area contributed by atoms with Crippen LogP contribution in [0.1, 0.15) is 43.7 Å². The van der Waals surface area contributed by atoms with Crippen molar-refractivity contribution in [3.63, 3.8) is 0 Å². The molecule has 5 N–H and O–H groups in total. The first kappa shape index (κ1) is 28.5. The van der Waals surface area contributed by atoms with Crippen LogP contribution in [0.25, 0.3) is 0 Å². The Kier molecular flexibility index (Phi) is 11.9. The molecule has 35 heavy (non-hydrogen) atoms. The lowest BCUT2D eigenvalue weighted by Crippen LogP contribution is -2.46. The summed E-state index contributed by atoms with van der Waals surface area (Å²) in [5.41, 5.74) is 0.205. The summed E-state index contributed by atoms with van der Waals surface area (Å²) in [5.74, 6) is -5.17. The number of aromatic nitrogens is 2. The summed E-state index contributed by atoms with van der Waals surface area (Å²) < 4.78 is 0. The highest BCUT2D eigenvalue weighted by atomic mass is 17.0. The maximum absolute atomic E-state index is 12.2. The topological polar surface area (TPSA) is 266 Å². The summed E-state index contributed by atoms with van der Waals surface area (Å²) in [5, 5.41) is 41.5. The predicted molar refractivity (Wildman–Crippen MR) is 109 cm³/mol. The number of carbonyl (C=O) groups excluding carboxylic acids is 2. The van der Waals surface area contributed by atoms with Crippen LogP contribution in [-0.4, -0.2) is 79.4 Å². The van der Waals surface area contributed by atoms with Crippen LogP contribution in [0.5, 0.6) is 0 Å². The number of nitrogens with zero attached hydrogens (tertiary/aromatic N) is 3. The number of carboxylic acids is 2. The van der Waals surface area contributed by atoms with Crippen molar-refractivity contribution >= 4 is 23.8 Å². The smallest absolute Gasteiger partial charge is 0.326 e. The van der Waals surface area contributed by atoms with Crippen molar-refractivity contribution in [3.8, 4) is 0 Å². The zero-order valence-electron chi connectivity index (χ0n) is 18.2. The summed E-state index contributed by atoms with van der Waals surface area (Å²) in [4.78, 5) is 82.1. The maximum Gasteiger partial charge on any atom is 0.326 e. The van der Waals surface area contributed by atoms with Crippen molar-refractivity contribution in [2.45, 2.75) is 50.2 Å².